The highest BCUT2D eigenvalue weighted by Crippen LogP contribution is 2.31. The van der Waals surface area contributed by atoms with Crippen molar-refractivity contribution in [1.29, 1.82) is 0 Å². The first-order valence-corrected chi connectivity index (χ1v) is 6.44. The molecule has 7 nitrogen and oxygen atoms in total. The van der Waals surface area contributed by atoms with Crippen molar-refractivity contribution in [2.75, 3.05) is 12.8 Å². The van der Waals surface area contributed by atoms with Crippen LogP contribution in [0.4, 0.5) is 5.82 Å². The maximum atomic E-state index is 11.0. The molecular weight excluding hydrogens is 280 g/mol. The molecule has 0 fully saturated rings. The Morgan fingerprint density at radius 1 is 1.45 bits per heavy atom. The zero-order valence-corrected chi connectivity index (χ0v) is 11.2. The predicted octanol–water partition coefficient (Wildman–Crippen LogP) is 1.75. The molecule has 3 heterocycles. The number of hydrogen-bond donors (Lipinski definition) is 2. The Balaban J connectivity index is 2.14. The molecule has 3 aromatic heterocycles. The lowest BCUT2D eigenvalue weighted by atomic mass is 10.2. The Bertz CT molecular complexity index is 808. The van der Waals surface area contributed by atoms with E-state index < -0.39 is 5.97 Å². The number of carboxylic acids is 1. The molecule has 0 aromatic carbocycles. The van der Waals surface area contributed by atoms with Crippen LogP contribution in [0.2, 0.25) is 0 Å². The molecule has 0 bridgehead atoms. The summed E-state index contributed by atoms with van der Waals surface area (Å²) in [4.78, 5) is 16.1. The molecule has 3 aromatic rings. The molecule has 0 saturated heterocycles. The first-order valence-electron chi connectivity index (χ1n) is 5.62. The van der Waals surface area contributed by atoms with E-state index in [4.69, 9.17) is 15.6 Å². The summed E-state index contributed by atoms with van der Waals surface area (Å²) in [6.07, 6.45) is 0. The maximum Gasteiger partial charge on any atom is 0.335 e. The van der Waals surface area contributed by atoms with Crippen LogP contribution >= 0.6 is 11.3 Å². The van der Waals surface area contributed by atoms with E-state index in [2.05, 4.69) is 10.1 Å². The first kappa shape index (κ1) is 12.4. The number of aromatic carboxylic acids is 1. The second kappa shape index (κ2) is 4.49. The van der Waals surface area contributed by atoms with Gasteiger partial charge in [0, 0.05) is 0 Å². The second-order valence-corrected chi connectivity index (χ2v) is 5.05. The molecule has 0 radical (unpaired) electrons. The number of nitrogen functional groups attached to an aromatic ring is 1. The molecule has 20 heavy (non-hydrogen) atoms. The van der Waals surface area contributed by atoms with Gasteiger partial charge in [-0.15, -0.1) is 5.10 Å². The largest absolute Gasteiger partial charge is 0.487 e. The molecule has 8 heteroatoms. The number of methoxy groups -OCH3 is 1. The van der Waals surface area contributed by atoms with E-state index in [1.54, 1.807) is 7.11 Å². The van der Waals surface area contributed by atoms with Crippen molar-refractivity contribution in [2.24, 2.45) is 0 Å². The number of pyridine rings is 1. The number of fused-ring (bicyclic) bond motifs is 1. The van der Waals surface area contributed by atoms with Crippen molar-refractivity contribution in [1.82, 2.24) is 14.6 Å². The minimum atomic E-state index is -1.05. The summed E-state index contributed by atoms with van der Waals surface area (Å²) in [7, 11) is 1.59. The van der Waals surface area contributed by atoms with Gasteiger partial charge in [-0.05, 0) is 24.3 Å². The van der Waals surface area contributed by atoms with Gasteiger partial charge in [0.15, 0.2) is 16.5 Å². The Morgan fingerprint density at radius 2 is 2.25 bits per heavy atom. The smallest absolute Gasteiger partial charge is 0.335 e. The Kier molecular flexibility index (Phi) is 2.79. The molecule has 0 atom stereocenters. The van der Waals surface area contributed by atoms with Crippen molar-refractivity contribution in [3.63, 3.8) is 0 Å². The third-order valence-electron chi connectivity index (χ3n) is 2.71. The number of thiophene rings is 1. The van der Waals surface area contributed by atoms with Gasteiger partial charge >= 0.3 is 5.97 Å². The lowest BCUT2D eigenvalue weighted by Gasteiger charge is -1.99. The van der Waals surface area contributed by atoms with Crippen LogP contribution in [0, 0.1) is 0 Å². The maximum absolute atomic E-state index is 11.0. The third kappa shape index (κ3) is 1.95. The number of anilines is 1. The SMILES string of the molecule is COc1ccc(-c2nc3cc(C(=O)O)cc(N)n3n2)s1. The number of ether oxygens (including phenoxy) is 1. The fourth-order valence-corrected chi connectivity index (χ4v) is 2.54. The van der Waals surface area contributed by atoms with Crippen LogP contribution in [0.3, 0.4) is 0 Å². The quantitative estimate of drug-likeness (QED) is 0.761. The van der Waals surface area contributed by atoms with Crippen LogP contribution in [0.1, 0.15) is 10.4 Å². The van der Waals surface area contributed by atoms with E-state index in [0.29, 0.717) is 11.5 Å². The van der Waals surface area contributed by atoms with Crippen molar-refractivity contribution in [2.45, 2.75) is 0 Å². The molecule has 3 N–H and O–H groups in total. The van der Waals surface area contributed by atoms with E-state index in [1.165, 1.54) is 28.0 Å². The van der Waals surface area contributed by atoms with Gasteiger partial charge in [-0.1, -0.05) is 11.3 Å². The van der Waals surface area contributed by atoms with Gasteiger partial charge in [0.25, 0.3) is 0 Å². The molecule has 0 aliphatic rings. The number of nitrogens with zero attached hydrogens (tertiary/aromatic N) is 3. The number of hydrogen-bond acceptors (Lipinski definition) is 6. The van der Waals surface area contributed by atoms with Crippen molar-refractivity contribution >= 4 is 28.8 Å². The summed E-state index contributed by atoms with van der Waals surface area (Å²) in [6, 6.07) is 6.44. The van der Waals surface area contributed by atoms with Gasteiger partial charge in [-0.3, -0.25) is 0 Å². The molecule has 0 amide bonds. The number of rotatable bonds is 3. The molecule has 0 spiro atoms. The van der Waals surface area contributed by atoms with E-state index >= 15 is 0 Å². The summed E-state index contributed by atoms with van der Waals surface area (Å²) >= 11 is 1.40. The summed E-state index contributed by atoms with van der Waals surface area (Å²) in [5.74, 6) is -0.351. The molecule has 102 valence electrons. The molecule has 0 aliphatic carbocycles. The molecule has 0 saturated carbocycles. The highest BCUT2D eigenvalue weighted by atomic mass is 32.1. The summed E-state index contributed by atoms with van der Waals surface area (Å²) < 4.78 is 6.53. The van der Waals surface area contributed by atoms with Crippen LogP contribution in [0.5, 0.6) is 5.06 Å². The zero-order chi connectivity index (χ0) is 14.3. The number of aromatic nitrogens is 3. The van der Waals surface area contributed by atoms with Crippen LogP contribution in [-0.4, -0.2) is 32.8 Å². The third-order valence-corrected chi connectivity index (χ3v) is 3.76. The molecule has 3 rings (SSSR count). The second-order valence-electron chi connectivity index (χ2n) is 4.00. The predicted molar refractivity (Wildman–Crippen MR) is 74.2 cm³/mol. The van der Waals surface area contributed by atoms with Gasteiger partial charge in [0.2, 0.25) is 0 Å². The lowest BCUT2D eigenvalue weighted by molar-refractivity contribution is 0.0697. The van der Waals surface area contributed by atoms with E-state index in [9.17, 15) is 4.79 Å². The van der Waals surface area contributed by atoms with Crippen LogP contribution in [0.25, 0.3) is 16.3 Å². The summed E-state index contributed by atoms with van der Waals surface area (Å²) in [5.41, 5.74) is 6.27. The van der Waals surface area contributed by atoms with Crippen molar-refractivity contribution < 1.29 is 14.6 Å². The average Bonchev–Trinajstić information content (AvgIpc) is 3.04. The fourth-order valence-electron chi connectivity index (χ4n) is 1.79. The van der Waals surface area contributed by atoms with Crippen LogP contribution in [-0.2, 0) is 0 Å². The van der Waals surface area contributed by atoms with Gasteiger partial charge < -0.3 is 15.6 Å². The van der Waals surface area contributed by atoms with Gasteiger partial charge in [-0.2, -0.15) is 4.52 Å². The highest BCUT2D eigenvalue weighted by molar-refractivity contribution is 7.17. The summed E-state index contributed by atoms with van der Waals surface area (Å²) in [5, 5.41) is 14.0. The standard InChI is InChI=1S/C12H10N4O3S/c1-19-10-3-2-7(20-10)11-14-9-5-6(12(17)18)4-8(13)16(9)15-11/h2-5H,13H2,1H3,(H,17,18). The number of carboxylic acid groups (broad SMARTS) is 1. The Morgan fingerprint density at radius 3 is 2.90 bits per heavy atom. The highest BCUT2D eigenvalue weighted by Gasteiger charge is 2.14. The van der Waals surface area contributed by atoms with E-state index in [0.717, 1.165) is 9.94 Å². The van der Waals surface area contributed by atoms with E-state index in [-0.39, 0.29) is 11.4 Å². The normalized spacial score (nSPS) is 10.8. The Hall–Kier alpha value is -2.61. The summed E-state index contributed by atoms with van der Waals surface area (Å²) in [6.45, 7) is 0. The first-order chi connectivity index (χ1) is 9.58. The van der Waals surface area contributed by atoms with Gasteiger partial charge in [0.1, 0.15) is 5.82 Å². The fraction of sp³-hybridized carbons (Fsp3) is 0.0833. The van der Waals surface area contributed by atoms with E-state index in [1.807, 2.05) is 12.1 Å². The zero-order valence-electron chi connectivity index (χ0n) is 10.4. The minimum Gasteiger partial charge on any atom is -0.487 e. The van der Waals surface area contributed by atoms with Crippen LogP contribution in [0.15, 0.2) is 24.3 Å². The van der Waals surface area contributed by atoms with Gasteiger partial charge in [-0.25, -0.2) is 9.78 Å². The number of nitrogens with two attached hydrogens (primary N) is 1. The van der Waals surface area contributed by atoms with Crippen molar-refractivity contribution in [3.8, 4) is 15.8 Å². The Labute approximate surface area is 117 Å². The van der Waals surface area contributed by atoms with Crippen molar-refractivity contribution in [3.05, 3.63) is 29.8 Å². The lowest BCUT2D eigenvalue weighted by Crippen LogP contribution is -2.03. The monoisotopic (exact) mass is 290 g/mol. The van der Waals surface area contributed by atoms with Gasteiger partial charge in [0.05, 0.1) is 17.6 Å². The minimum absolute atomic E-state index is 0.0812. The molecular formula is C12H10N4O3S. The average molecular weight is 290 g/mol. The van der Waals surface area contributed by atoms with Crippen LogP contribution < -0.4 is 10.5 Å². The molecule has 0 aliphatic heterocycles. The number of carbonyl (C=O) groups is 1. The topological polar surface area (TPSA) is 103 Å². The molecule has 0 unspecified atom stereocenters.